The molecule has 0 heterocycles. The van der Waals surface area contributed by atoms with Crippen molar-refractivity contribution in [3.8, 4) is 0 Å². The van der Waals surface area contributed by atoms with Crippen LogP contribution in [0.3, 0.4) is 0 Å². The third kappa shape index (κ3) is 6.76. The molecule has 0 saturated heterocycles. The third-order valence-electron chi connectivity index (χ3n) is 4.39. The van der Waals surface area contributed by atoms with Gasteiger partial charge in [0.1, 0.15) is 0 Å². The van der Waals surface area contributed by atoms with Gasteiger partial charge >= 0.3 is 0 Å². The van der Waals surface area contributed by atoms with Crippen molar-refractivity contribution >= 4 is 0 Å². The summed E-state index contributed by atoms with van der Waals surface area (Å²) < 4.78 is 6.21. The predicted octanol–water partition coefficient (Wildman–Crippen LogP) is 4.53. The van der Waals surface area contributed by atoms with Crippen LogP contribution in [0.2, 0.25) is 0 Å². The zero-order valence-electron chi connectivity index (χ0n) is 13.4. The fourth-order valence-electron chi connectivity index (χ4n) is 3.33. The monoisotopic (exact) mass is 269 g/mol. The van der Waals surface area contributed by atoms with Crippen LogP contribution in [0.5, 0.6) is 0 Å². The first-order valence-corrected chi connectivity index (χ1v) is 8.66. The number of likely N-dealkylation sites (N-methyl/N-ethyl adjacent to an activating group) is 1. The second-order valence-corrected chi connectivity index (χ2v) is 6.10. The highest BCUT2D eigenvalue weighted by molar-refractivity contribution is 4.85. The number of ether oxygens (including phenoxy) is 1. The van der Waals surface area contributed by atoms with Gasteiger partial charge in [-0.25, -0.2) is 0 Å². The Morgan fingerprint density at radius 2 is 1.84 bits per heavy atom. The normalized spacial score (nSPS) is 27.6. The molecule has 1 fully saturated rings. The molecule has 1 aliphatic carbocycles. The second-order valence-electron chi connectivity index (χ2n) is 6.10. The Kier molecular flexibility index (Phi) is 9.54. The first-order valence-electron chi connectivity index (χ1n) is 8.66. The maximum Gasteiger partial charge on any atom is 0.0730 e. The average Bonchev–Trinajstić information content (AvgIpc) is 2.42. The van der Waals surface area contributed by atoms with E-state index in [-0.39, 0.29) is 0 Å². The standard InChI is InChI=1S/C17H35NO/c1-4-7-8-9-13-19-17-14-15(10-5-2)11-12-16(17)18-6-3/h15-18H,4-14H2,1-3H3. The molecule has 2 nitrogen and oxygen atoms in total. The molecule has 114 valence electrons. The first-order chi connectivity index (χ1) is 9.31. The van der Waals surface area contributed by atoms with Crippen LogP contribution in [-0.4, -0.2) is 25.3 Å². The molecule has 0 aromatic rings. The van der Waals surface area contributed by atoms with Gasteiger partial charge in [-0.05, 0) is 38.1 Å². The first kappa shape index (κ1) is 17.0. The summed E-state index contributed by atoms with van der Waals surface area (Å²) in [6.07, 6.45) is 12.4. The minimum Gasteiger partial charge on any atom is -0.377 e. The van der Waals surface area contributed by atoms with Gasteiger partial charge in [0.05, 0.1) is 6.10 Å². The molecule has 19 heavy (non-hydrogen) atoms. The maximum absolute atomic E-state index is 6.21. The van der Waals surface area contributed by atoms with Gasteiger partial charge in [-0.1, -0.05) is 52.9 Å². The molecular formula is C17H35NO. The lowest BCUT2D eigenvalue weighted by atomic mass is 9.81. The Balaban J connectivity index is 2.29. The average molecular weight is 269 g/mol. The van der Waals surface area contributed by atoms with E-state index in [9.17, 15) is 0 Å². The zero-order valence-corrected chi connectivity index (χ0v) is 13.4. The smallest absolute Gasteiger partial charge is 0.0730 e. The minimum absolute atomic E-state index is 0.465. The molecule has 1 N–H and O–H groups in total. The molecule has 1 saturated carbocycles. The quantitative estimate of drug-likeness (QED) is 0.588. The Bertz CT molecular complexity index is 207. The fourth-order valence-corrected chi connectivity index (χ4v) is 3.33. The van der Waals surface area contributed by atoms with Gasteiger partial charge in [0, 0.05) is 12.6 Å². The lowest BCUT2D eigenvalue weighted by Crippen LogP contribution is -2.45. The van der Waals surface area contributed by atoms with Crippen LogP contribution in [0.1, 0.15) is 78.6 Å². The summed E-state index contributed by atoms with van der Waals surface area (Å²) in [5.74, 6) is 0.903. The van der Waals surface area contributed by atoms with E-state index in [1.165, 1.54) is 57.8 Å². The molecule has 0 radical (unpaired) electrons. The van der Waals surface area contributed by atoms with Crippen LogP contribution in [0, 0.1) is 5.92 Å². The molecule has 0 spiro atoms. The third-order valence-corrected chi connectivity index (χ3v) is 4.39. The van der Waals surface area contributed by atoms with Gasteiger partial charge in [-0.2, -0.15) is 0 Å². The van der Waals surface area contributed by atoms with Crippen molar-refractivity contribution in [3.63, 3.8) is 0 Å². The highest BCUT2D eigenvalue weighted by atomic mass is 16.5. The maximum atomic E-state index is 6.21. The largest absolute Gasteiger partial charge is 0.377 e. The van der Waals surface area contributed by atoms with Gasteiger partial charge in [0.15, 0.2) is 0 Å². The van der Waals surface area contributed by atoms with Crippen molar-refractivity contribution in [1.29, 1.82) is 0 Å². The van der Waals surface area contributed by atoms with E-state index in [0.717, 1.165) is 19.1 Å². The van der Waals surface area contributed by atoms with Gasteiger partial charge in [-0.3, -0.25) is 0 Å². The predicted molar refractivity (Wildman–Crippen MR) is 83.6 cm³/mol. The lowest BCUT2D eigenvalue weighted by Gasteiger charge is -2.36. The SMILES string of the molecule is CCCCCCOC1CC(CCC)CCC1NCC. The van der Waals surface area contributed by atoms with E-state index in [1.54, 1.807) is 0 Å². The molecular weight excluding hydrogens is 234 g/mol. The van der Waals surface area contributed by atoms with E-state index in [1.807, 2.05) is 0 Å². The van der Waals surface area contributed by atoms with Crippen molar-refractivity contribution < 1.29 is 4.74 Å². The van der Waals surface area contributed by atoms with Crippen LogP contribution in [0.25, 0.3) is 0 Å². The van der Waals surface area contributed by atoms with Crippen LogP contribution in [-0.2, 0) is 4.74 Å². The van der Waals surface area contributed by atoms with Gasteiger partial charge in [-0.15, -0.1) is 0 Å². The van der Waals surface area contributed by atoms with Crippen molar-refractivity contribution in [2.24, 2.45) is 5.92 Å². The molecule has 3 unspecified atom stereocenters. The fraction of sp³-hybridized carbons (Fsp3) is 1.00. The molecule has 0 amide bonds. The highest BCUT2D eigenvalue weighted by Crippen LogP contribution is 2.30. The van der Waals surface area contributed by atoms with Crippen molar-refractivity contribution in [3.05, 3.63) is 0 Å². The topological polar surface area (TPSA) is 21.3 Å². The summed E-state index contributed by atoms with van der Waals surface area (Å²) in [5, 5.41) is 3.62. The van der Waals surface area contributed by atoms with Gasteiger partial charge in [0.2, 0.25) is 0 Å². The van der Waals surface area contributed by atoms with E-state index >= 15 is 0 Å². The van der Waals surface area contributed by atoms with Gasteiger partial charge < -0.3 is 10.1 Å². The molecule has 0 bridgehead atoms. The summed E-state index contributed by atoms with van der Waals surface area (Å²) in [6, 6.07) is 0.601. The van der Waals surface area contributed by atoms with E-state index in [0.29, 0.717) is 12.1 Å². The van der Waals surface area contributed by atoms with Crippen LogP contribution < -0.4 is 5.32 Å². The van der Waals surface area contributed by atoms with E-state index in [2.05, 4.69) is 26.1 Å². The Labute approximate surface area is 120 Å². The molecule has 1 rings (SSSR count). The molecule has 1 aliphatic rings. The van der Waals surface area contributed by atoms with Gasteiger partial charge in [0.25, 0.3) is 0 Å². The summed E-state index contributed by atoms with van der Waals surface area (Å²) in [7, 11) is 0. The molecule has 0 aromatic carbocycles. The van der Waals surface area contributed by atoms with E-state index < -0.39 is 0 Å². The summed E-state index contributed by atoms with van der Waals surface area (Å²) >= 11 is 0. The number of hydrogen-bond acceptors (Lipinski definition) is 2. The summed E-state index contributed by atoms with van der Waals surface area (Å²) in [6.45, 7) is 8.80. The number of hydrogen-bond donors (Lipinski definition) is 1. The number of unbranched alkanes of at least 4 members (excludes halogenated alkanes) is 3. The van der Waals surface area contributed by atoms with Crippen molar-refractivity contribution in [2.45, 2.75) is 90.7 Å². The van der Waals surface area contributed by atoms with E-state index in [4.69, 9.17) is 4.74 Å². The summed E-state index contributed by atoms with van der Waals surface area (Å²) in [4.78, 5) is 0. The van der Waals surface area contributed by atoms with Crippen LogP contribution in [0.15, 0.2) is 0 Å². The number of rotatable bonds is 10. The van der Waals surface area contributed by atoms with Crippen molar-refractivity contribution in [2.75, 3.05) is 13.2 Å². The zero-order chi connectivity index (χ0) is 13.9. The molecule has 0 aliphatic heterocycles. The van der Waals surface area contributed by atoms with Crippen LogP contribution in [0.4, 0.5) is 0 Å². The summed E-state index contributed by atoms with van der Waals surface area (Å²) in [5.41, 5.74) is 0. The van der Waals surface area contributed by atoms with Crippen molar-refractivity contribution in [1.82, 2.24) is 5.32 Å². The Morgan fingerprint density at radius 1 is 1.00 bits per heavy atom. The minimum atomic E-state index is 0.465. The lowest BCUT2D eigenvalue weighted by molar-refractivity contribution is -0.0123. The number of nitrogens with one attached hydrogen (secondary N) is 1. The molecule has 3 atom stereocenters. The Morgan fingerprint density at radius 3 is 2.53 bits per heavy atom. The second kappa shape index (κ2) is 10.7. The molecule has 0 aromatic heterocycles. The highest BCUT2D eigenvalue weighted by Gasteiger charge is 2.29. The van der Waals surface area contributed by atoms with Crippen LogP contribution >= 0.6 is 0 Å². The Hall–Kier alpha value is -0.0800. The molecule has 2 heteroatoms.